The molecule has 0 radical (unpaired) electrons. The average Bonchev–Trinajstić information content (AvgIpc) is 3.18. The highest BCUT2D eigenvalue weighted by atomic mass is 16.5. The summed E-state index contributed by atoms with van der Waals surface area (Å²) in [4.78, 5) is 0. The Labute approximate surface area is 144 Å². The minimum atomic E-state index is 0.924. The van der Waals surface area contributed by atoms with Crippen LogP contribution in [0, 0.1) is 0 Å². The molecule has 0 N–H and O–H groups in total. The van der Waals surface area contributed by atoms with Crippen LogP contribution in [0.15, 0.2) is 0 Å². The molecule has 2 fully saturated rings. The Morgan fingerprint density at radius 1 is 0.652 bits per heavy atom. The van der Waals surface area contributed by atoms with Crippen LogP contribution in [0.4, 0.5) is 0 Å². The molecule has 2 saturated heterocycles. The largest absolute Gasteiger partial charge is 0.335 e. The second kappa shape index (κ2) is 11.4. The van der Waals surface area contributed by atoms with Crippen molar-refractivity contribution in [3.8, 4) is 0 Å². The van der Waals surface area contributed by atoms with Gasteiger partial charge in [0.1, 0.15) is 0 Å². The van der Waals surface area contributed by atoms with E-state index in [1.165, 1.54) is 93.2 Å². The van der Waals surface area contributed by atoms with Gasteiger partial charge >= 0.3 is 0 Å². The predicted molar refractivity (Wildman–Crippen MR) is 97.1 cm³/mol. The Kier molecular flexibility index (Phi) is 10.4. The van der Waals surface area contributed by atoms with E-state index in [2.05, 4.69) is 13.8 Å². The second-order valence-electron chi connectivity index (χ2n) is 7.63. The van der Waals surface area contributed by atoms with Crippen molar-refractivity contribution < 1.29 is 18.4 Å². The van der Waals surface area contributed by atoms with Crippen LogP contribution in [-0.4, -0.2) is 75.9 Å². The van der Waals surface area contributed by atoms with Crippen LogP contribution in [0.5, 0.6) is 0 Å². The van der Waals surface area contributed by atoms with Crippen LogP contribution < -0.4 is 0 Å². The van der Waals surface area contributed by atoms with E-state index in [0.717, 1.165) is 13.5 Å². The standard InChI is InChI=1S/C10H22NO.C9H20NO/c1-3-4-7-11(10-12-2)8-5-6-9-11;1-3-6-10(9-11-2)7-4-5-8-10/h3-10H2,1-2H3;3-9H2,1-2H3/q2*+1. The highest BCUT2D eigenvalue weighted by Crippen LogP contribution is 2.20. The molecule has 0 aromatic rings. The maximum Gasteiger partial charge on any atom is 0.182 e. The normalized spacial score (nSPS) is 21.9. The minimum absolute atomic E-state index is 0.924. The maximum atomic E-state index is 5.30. The average molecular weight is 331 g/mol. The van der Waals surface area contributed by atoms with Gasteiger partial charge in [-0.25, -0.2) is 0 Å². The summed E-state index contributed by atoms with van der Waals surface area (Å²) in [5, 5.41) is 0. The molecule has 2 aliphatic heterocycles. The molecule has 0 saturated carbocycles. The van der Waals surface area contributed by atoms with Crippen LogP contribution in [0.1, 0.15) is 58.8 Å². The molecule has 0 spiro atoms. The van der Waals surface area contributed by atoms with Crippen molar-refractivity contribution in [2.75, 3.05) is 66.9 Å². The van der Waals surface area contributed by atoms with Gasteiger partial charge in [-0.2, -0.15) is 0 Å². The molecule has 0 aliphatic carbocycles. The molecule has 2 rings (SSSR count). The van der Waals surface area contributed by atoms with Crippen molar-refractivity contribution >= 4 is 0 Å². The fraction of sp³-hybridized carbons (Fsp3) is 1.00. The number of hydrogen-bond donors (Lipinski definition) is 0. The lowest BCUT2D eigenvalue weighted by atomic mass is 10.3. The van der Waals surface area contributed by atoms with Gasteiger partial charge in [-0.3, -0.25) is 0 Å². The Hall–Kier alpha value is -0.160. The second-order valence-corrected chi connectivity index (χ2v) is 7.63. The maximum absolute atomic E-state index is 5.30. The third-order valence-corrected chi connectivity index (χ3v) is 5.52. The lowest BCUT2D eigenvalue weighted by molar-refractivity contribution is -0.934. The summed E-state index contributed by atoms with van der Waals surface area (Å²) in [5.74, 6) is 0. The van der Waals surface area contributed by atoms with Crippen LogP contribution >= 0.6 is 0 Å². The highest BCUT2D eigenvalue weighted by Gasteiger charge is 2.31. The van der Waals surface area contributed by atoms with E-state index in [1.807, 2.05) is 14.2 Å². The van der Waals surface area contributed by atoms with E-state index >= 15 is 0 Å². The van der Waals surface area contributed by atoms with Crippen molar-refractivity contribution in [1.29, 1.82) is 0 Å². The molecule has 0 bridgehead atoms. The van der Waals surface area contributed by atoms with Gasteiger partial charge in [-0.1, -0.05) is 20.3 Å². The summed E-state index contributed by atoms with van der Waals surface area (Å²) >= 11 is 0. The number of methoxy groups -OCH3 is 2. The first-order valence-corrected chi connectivity index (χ1v) is 9.84. The topological polar surface area (TPSA) is 18.5 Å². The van der Waals surface area contributed by atoms with Crippen molar-refractivity contribution in [3.63, 3.8) is 0 Å². The van der Waals surface area contributed by atoms with Gasteiger partial charge < -0.3 is 18.4 Å². The zero-order valence-corrected chi connectivity index (χ0v) is 16.3. The van der Waals surface area contributed by atoms with Gasteiger partial charge in [0.2, 0.25) is 0 Å². The van der Waals surface area contributed by atoms with Crippen LogP contribution in [-0.2, 0) is 9.47 Å². The van der Waals surface area contributed by atoms with E-state index in [0.29, 0.717) is 0 Å². The summed E-state index contributed by atoms with van der Waals surface area (Å²) in [7, 11) is 3.64. The van der Waals surface area contributed by atoms with Gasteiger partial charge in [-0.05, 0) is 12.8 Å². The molecule has 2 heterocycles. The van der Waals surface area contributed by atoms with Crippen LogP contribution in [0.2, 0.25) is 0 Å². The van der Waals surface area contributed by atoms with Gasteiger partial charge in [0.15, 0.2) is 13.5 Å². The van der Waals surface area contributed by atoms with Crippen molar-refractivity contribution in [2.45, 2.75) is 58.8 Å². The Bertz CT molecular complexity index is 277. The fourth-order valence-electron chi connectivity index (χ4n) is 4.36. The van der Waals surface area contributed by atoms with Gasteiger partial charge in [0, 0.05) is 39.9 Å². The van der Waals surface area contributed by atoms with Crippen LogP contribution in [0.3, 0.4) is 0 Å². The molecule has 0 atom stereocenters. The first-order valence-electron chi connectivity index (χ1n) is 9.84. The van der Waals surface area contributed by atoms with Crippen LogP contribution in [0.25, 0.3) is 0 Å². The number of hydrogen-bond acceptors (Lipinski definition) is 2. The van der Waals surface area contributed by atoms with Gasteiger partial charge in [0.05, 0.1) is 39.3 Å². The predicted octanol–water partition coefficient (Wildman–Crippen LogP) is 3.61. The van der Waals surface area contributed by atoms with E-state index in [-0.39, 0.29) is 0 Å². The van der Waals surface area contributed by atoms with E-state index in [1.54, 1.807) is 0 Å². The van der Waals surface area contributed by atoms with Gasteiger partial charge in [-0.15, -0.1) is 0 Å². The minimum Gasteiger partial charge on any atom is -0.335 e. The molecule has 0 unspecified atom stereocenters. The molecule has 2 aliphatic rings. The molecule has 0 aromatic carbocycles. The number of likely N-dealkylation sites (tertiary alicyclic amines) is 2. The van der Waals surface area contributed by atoms with Gasteiger partial charge in [0.25, 0.3) is 0 Å². The highest BCUT2D eigenvalue weighted by molar-refractivity contribution is 4.53. The van der Waals surface area contributed by atoms with Crippen molar-refractivity contribution in [1.82, 2.24) is 0 Å². The molecule has 4 nitrogen and oxygen atoms in total. The lowest BCUT2D eigenvalue weighted by Crippen LogP contribution is -2.47. The Morgan fingerprint density at radius 2 is 1.09 bits per heavy atom. The zero-order valence-electron chi connectivity index (χ0n) is 16.3. The fourth-order valence-corrected chi connectivity index (χ4v) is 4.36. The molecule has 0 aromatic heterocycles. The third-order valence-electron chi connectivity index (χ3n) is 5.52. The quantitative estimate of drug-likeness (QED) is 0.601. The smallest absolute Gasteiger partial charge is 0.182 e. The van der Waals surface area contributed by atoms with E-state index in [9.17, 15) is 0 Å². The lowest BCUT2D eigenvalue weighted by Gasteiger charge is -2.33. The summed E-state index contributed by atoms with van der Waals surface area (Å²) in [5.41, 5.74) is 0. The monoisotopic (exact) mass is 330 g/mol. The molecular formula is C19H42N2O2+2. The van der Waals surface area contributed by atoms with E-state index in [4.69, 9.17) is 9.47 Å². The molecule has 23 heavy (non-hydrogen) atoms. The van der Waals surface area contributed by atoms with E-state index < -0.39 is 0 Å². The number of unbranched alkanes of at least 4 members (excludes halogenated alkanes) is 1. The summed E-state index contributed by atoms with van der Waals surface area (Å²) in [6.07, 6.45) is 9.52. The molecule has 0 amide bonds. The number of quaternary nitrogens is 2. The first-order chi connectivity index (χ1) is 11.2. The molecular weight excluding hydrogens is 288 g/mol. The summed E-state index contributed by atoms with van der Waals surface area (Å²) in [6, 6.07) is 0. The third kappa shape index (κ3) is 7.08. The number of rotatable bonds is 9. The first kappa shape index (κ1) is 20.9. The molecule has 138 valence electrons. The number of ether oxygens (including phenoxy) is 2. The zero-order chi connectivity index (χ0) is 17.0. The number of nitrogens with zero attached hydrogens (tertiary/aromatic N) is 2. The summed E-state index contributed by atoms with van der Waals surface area (Å²) < 4.78 is 13.0. The SMILES string of the molecule is CCCC[N+]1(COC)CCCC1.CCC[N+]1(COC)CCCC1. The van der Waals surface area contributed by atoms with Crippen molar-refractivity contribution in [3.05, 3.63) is 0 Å². The summed E-state index contributed by atoms with van der Waals surface area (Å²) in [6.45, 7) is 14.4. The molecule has 4 heteroatoms. The Balaban J connectivity index is 0.000000231. The Morgan fingerprint density at radius 3 is 1.43 bits per heavy atom. The van der Waals surface area contributed by atoms with Crippen molar-refractivity contribution in [2.24, 2.45) is 0 Å².